The number of hydrogen-bond acceptors (Lipinski definition) is 3. The second-order valence-corrected chi connectivity index (χ2v) is 7.21. The largest absolute Gasteiger partial charge is 0.398 e. The van der Waals surface area contributed by atoms with Gasteiger partial charge in [0.1, 0.15) is 0 Å². The maximum absolute atomic E-state index is 12.4. The van der Waals surface area contributed by atoms with Gasteiger partial charge in [0.25, 0.3) is 0 Å². The van der Waals surface area contributed by atoms with Crippen molar-refractivity contribution < 1.29 is 8.42 Å². The van der Waals surface area contributed by atoms with Gasteiger partial charge in [0.2, 0.25) is 10.0 Å². The summed E-state index contributed by atoms with van der Waals surface area (Å²) < 4.78 is 27.5. The van der Waals surface area contributed by atoms with E-state index in [-0.39, 0.29) is 16.9 Å². The molecule has 0 aromatic heterocycles. The Morgan fingerprint density at radius 1 is 1.14 bits per heavy atom. The van der Waals surface area contributed by atoms with Crippen molar-refractivity contribution in [2.24, 2.45) is 0 Å². The molecule has 0 bridgehead atoms. The average molecular weight is 302 g/mol. The maximum atomic E-state index is 12.4. The van der Waals surface area contributed by atoms with E-state index in [2.05, 4.69) is 4.72 Å². The van der Waals surface area contributed by atoms with E-state index in [1.807, 2.05) is 37.3 Å². The third-order valence-electron chi connectivity index (χ3n) is 3.89. The molecule has 1 aliphatic carbocycles. The maximum Gasteiger partial charge on any atom is 0.240 e. The third-order valence-corrected chi connectivity index (χ3v) is 5.37. The number of aryl methyl sites for hydroxylation is 1. The molecule has 1 aliphatic rings. The van der Waals surface area contributed by atoms with Crippen LogP contribution < -0.4 is 10.5 Å². The number of anilines is 1. The first kappa shape index (κ1) is 14.1. The highest BCUT2D eigenvalue weighted by Crippen LogP contribution is 2.41. The van der Waals surface area contributed by atoms with Gasteiger partial charge in [0.05, 0.1) is 4.90 Å². The van der Waals surface area contributed by atoms with Crippen LogP contribution in [0.5, 0.6) is 0 Å². The van der Waals surface area contributed by atoms with Crippen LogP contribution in [0.3, 0.4) is 0 Å². The van der Waals surface area contributed by atoms with Crippen LogP contribution in [0.25, 0.3) is 0 Å². The molecule has 0 aliphatic heterocycles. The first-order valence-electron chi connectivity index (χ1n) is 6.91. The number of rotatable bonds is 4. The molecular weight excluding hydrogens is 284 g/mol. The molecule has 0 amide bonds. The number of benzene rings is 2. The van der Waals surface area contributed by atoms with E-state index in [0.29, 0.717) is 5.69 Å². The van der Waals surface area contributed by atoms with Crippen molar-refractivity contribution in [3.8, 4) is 0 Å². The molecule has 2 atom stereocenters. The summed E-state index contributed by atoms with van der Waals surface area (Å²) in [6, 6.07) is 14.8. The van der Waals surface area contributed by atoms with Crippen molar-refractivity contribution in [1.82, 2.24) is 4.72 Å². The van der Waals surface area contributed by atoms with Gasteiger partial charge in [0.15, 0.2) is 0 Å². The molecule has 0 radical (unpaired) electrons. The van der Waals surface area contributed by atoms with E-state index in [1.165, 1.54) is 11.6 Å². The summed E-state index contributed by atoms with van der Waals surface area (Å²) in [5.41, 5.74) is 8.34. The van der Waals surface area contributed by atoms with Crippen LogP contribution in [0.1, 0.15) is 23.5 Å². The molecule has 21 heavy (non-hydrogen) atoms. The summed E-state index contributed by atoms with van der Waals surface area (Å²) in [5, 5.41) is 0. The highest BCUT2D eigenvalue weighted by molar-refractivity contribution is 7.89. The fraction of sp³-hybridized carbons (Fsp3) is 0.250. The zero-order chi connectivity index (χ0) is 15.0. The Balaban J connectivity index is 1.75. The fourth-order valence-electron chi connectivity index (χ4n) is 2.45. The number of nitrogens with two attached hydrogens (primary N) is 1. The summed E-state index contributed by atoms with van der Waals surface area (Å²) in [6.07, 6.45) is 0.838. The Kier molecular flexibility index (Phi) is 3.47. The highest BCUT2D eigenvalue weighted by Gasteiger charge is 2.41. The van der Waals surface area contributed by atoms with Crippen molar-refractivity contribution in [3.05, 3.63) is 59.7 Å². The summed E-state index contributed by atoms with van der Waals surface area (Å²) in [6.45, 7) is 1.85. The Hall–Kier alpha value is -1.85. The zero-order valence-electron chi connectivity index (χ0n) is 11.8. The molecule has 1 fully saturated rings. The van der Waals surface area contributed by atoms with Crippen LogP contribution in [-0.4, -0.2) is 14.5 Å². The molecule has 2 aromatic carbocycles. The molecule has 110 valence electrons. The van der Waals surface area contributed by atoms with Crippen LogP contribution in [0, 0.1) is 6.92 Å². The van der Waals surface area contributed by atoms with Crippen LogP contribution in [-0.2, 0) is 10.0 Å². The summed E-state index contributed by atoms with van der Waals surface area (Å²) in [4.78, 5) is 0.226. The Bertz CT molecular complexity index is 757. The molecule has 4 nitrogen and oxygen atoms in total. The molecule has 5 heteroatoms. The standard InChI is InChI=1S/C16H18N2O2S/c1-11-7-8-13(9-15(11)17)21(19,20)18-16-10-14(16)12-5-3-2-4-6-12/h2-9,14,16,18H,10,17H2,1H3. The van der Waals surface area contributed by atoms with Gasteiger partial charge in [-0.05, 0) is 36.6 Å². The van der Waals surface area contributed by atoms with Gasteiger partial charge >= 0.3 is 0 Å². The normalized spacial score (nSPS) is 21.2. The number of hydrogen-bond donors (Lipinski definition) is 2. The van der Waals surface area contributed by atoms with Crippen molar-refractivity contribution in [2.75, 3.05) is 5.73 Å². The van der Waals surface area contributed by atoms with Gasteiger partial charge < -0.3 is 5.73 Å². The Labute approximate surface area is 125 Å². The van der Waals surface area contributed by atoms with E-state index in [9.17, 15) is 8.42 Å². The van der Waals surface area contributed by atoms with E-state index in [4.69, 9.17) is 5.73 Å². The molecule has 2 aromatic rings. The van der Waals surface area contributed by atoms with Crippen LogP contribution in [0.4, 0.5) is 5.69 Å². The van der Waals surface area contributed by atoms with Crippen molar-refractivity contribution in [1.29, 1.82) is 0 Å². The average Bonchev–Trinajstić information content (AvgIpc) is 3.21. The summed E-state index contributed by atoms with van der Waals surface area (Å²) in [5.74, 6) is 0.267. The molecule has 3 N–H and O–H groups in total. The second kappa shape index (κ2) is 5.16. The lowest BCUT2D eigenvalue weighted by molar-refractivity contribution is 0.580. The molecule has 0 spiro atoms. The highest BCUT2D eigenvalue weighted by atomic mass is 32.2. The quantitative estimate of drug-likeness (QED) is 0.852. The van der Waals surface area contributed by atoms with Crippen LogP contribution >= 0.6 is 0 Å². The minimum absolute atomic E-state index is 0.0278. The van der Waals surface area contributed by atoms with Crippen LogP contribution in [0.15, 0.2) is 53.4 Å². The molecule has 2 unspecified atom stereocenters. The van der Waals surface area contributed by atoms with Crippen molar-refractivity contribution in [2.45, 2.75) is 30.2 Å². The molecule has 3 rings (SSSR count). The van der Waals surface area contributed by atoms with Gasteiger partial charge in [-0.2, -0.15) is 0 Å². The minimum Gasteiger partial charge on any atom is -0.398 e. The Morgan fingerprint density at radius 3 is 2.52 bits per heavy atom. The lowest BCUT2D eigenvalue weighted by Gasteiger charge is -2.08. The van der Waals surface area contributed by atoms with Gasteiger partial charge in [-0.15, -0.1) is 0 Å². The lowest BCUT2D eigenvalue weighted by Crippen LogP contribution is -2.27. The van der Waals surface area contributed by atoms with Gasteiger partial charge in [0, 0.05) is 17.6 Å². The van der Waals surface area contributed by atoms with Gasteiger partial charge in [-0.1, -0.05) is 36.4 Å². The smallest absolute Gasteiger partial charge is 0.240 e. The lowest BCUT2D eigenvalue weighted by atomic mass is 10.1. The first-order chi connectivity index (χ1) is 9.97. The zero-order valence-corrected chi connectivity index (χ0v) is 12.6. The SMILES string of the molecule is Cc1ccc(S(=O)(=O)NC2CC2c2ccccc2)cc1N. The fourth-order valence-corrected chi connectivity index (χ4v) is 3.77. The predicted molar refractivity (Wildman–Crippen MR) is 83.5 cm³/mol. The number of nitrogens with one attached hydrogen (secondary N) is 1. The summed E-state index contributed by atoms with van der Waals surface area (Å²) in [7, 11) is -3.51. The predicted octanol–water partition coefficient (Wildman–Crippen LogP) is 2.41. The van der Waals surface area contributed by atoms with E-state index < -0.39 is 10.0 Å². The first-order valence-corrected chi connectivity index (χ1v) is 8.39. The van der Waals surface area contributed by atoms with E-state index in [0.717, 1.165) is 12.0 Å². The number of nitrogen functional groups attached to an aromatic ring is 1. The van der Waals surface area contributed by atoms with Crippen molar-refractivity contribution >= 4 is 15.7 Å². The monoisotopic (exact) mass is 302 g/mol. The van der Waals surface area contributed by atoms with Gasteiger partial charge in [-0.25, -0.2) is 13.1 Å². The molecule has 1 saturated carbocycles. The third kappa shape index (κ3) is 2.94. The summed E-state index contributed by atoms with van der Waals surface area (Å²) >= 11 is 0. The van der Waals surface area contributed by atoms with Gasteiger partial charge in [-0.3, -0.25) is 0 Å². The van der Waals surface area contributed by atoms with E-state index in [1.54, 1.807) is 12.1 Å². The van der Waals surface area contributed by atoms with E-state index >= 15 is 0 Å². The number of sulfonamides is 1. The Morgan fingerprint density at radius 2 is 1.86 bits per heavy atom. The topological polar surface area (TPSA) is 72.2 Å². The van der Waals surface area contributed by atoms with Crippen LogP contribution in [0.2, 0.25) is 0 Å². The molecular formula is C16H18N2O2S. The van der Waals surface area contributed by atoms with Crippen molar-refractivity contribution in [3.63, 3.8) is 0 Å². The molecule has 0 heterocycles. The molecule has 0 saturated heterocycles. The minimum atomic E-state index is -3.51. The second-order valence-electron chi connectivity index (χ2n) is 5.50.